The summed E-state index contributed by atoms with van der Waals surface area (Å²) in [4.78, 5) is 9.74. The summed E-state index contributed by atoms with van der Waals surface area (Å²) in [6.07, 6.45) is 0.436. The highest BCUT2D eigenvalue weighted by Gasteiger charge is 2.17. The summed E-state index contributed by atoms with van der Waals surface area (Å²) in [5.41, 5.74) is 5.29. The predicted molar refractivity (Wildman–Crippen MR) is 56.6 cm³/mol. The molecular formula is C10H13FN2O3. The smallest absolute Gasteiger partial charge is 0.272 e. The first-order valence-electron chi connectivity index (χ1n) is 4.85. The number of nitro benzene ring substituents is 1. The van der Waals surface area contributed by atoms with Crippen LogP contribution in [0.1, 0.15) is 17.9 Å². The minimum absolute atomic E-state index is 0.230. The first-order chi connectivity index (χ1) is 7.60. The van der Waals surface area contributed by atoms with Crippen LogP contribution in [0.2, 0.25) is 0 Å². The van der Waals surface area contributed by atoms with Crippen LogP contribution in [0.4, 0.5) is 10.1 Å². The van der Waals surface area contributed by atoms with E-state index >= 15 is 0 Å². The first-order valence-corrected chi connectivity index (χ1v) is 4.85. The molecule has 0 spiro atoms. The van der Waals surface area contributed by atoms with Crippen LogP contribution in [0.25, 0.3) is 0 Å². The highest BCUT2D eigenvalue weighted by atomic mass is 19.1. The molecule has 3 N–H and O–H groups in total. The molecule has 1 aromatic carbocycles. The lowest BCUT2D eigenvalue weighted by molar-refractivity contribution is -0.385. The molecule has 0 bridgehead atoms. The van der Waals surface area contributed by atoms with Crippen molar-refractivity contribution in [2.75, 3.05) is 13.2 Å². The van der Waals surface area contributed by atoms with Gasteiger partial charge in [-0.3, -0.25) is 10.1 Å². The van der Waals surface area contributed by atoms with Gasteiger partial charge in [0.1, 0.15) is 5.82 Å². The number of nitrogens with zero attached hydrogens (tertiary/aromatic N) is 1. The Balaban J connectivity index is 3.01. The van der Waals surface area contributed by atoms with E-state index in [4.69, 9.17) is 10.8 Å². The van der Waals surface area contributed by atoms with Crippen molar-refractivity contribution in [2.24, 2.45) is 5.73 Å². The molecule has 1 atom stereocenters. The normalized spacial score (nSPS) is 12.4. The topological polar surface area (TPSA) is 89.4 Å². The van der Waals surface area contributed by atoms with Crippen LogP contribution in [0.3, 0.4) is 0 Å². The number of hydrogen-bond acceptors (Lipinski definition) is 4. The zero-order valence-corrected chi connectivity index (χ0v) is 8.60. The van der Waals surface area contributed by atoms with Gasteiger partial charge in [0.05, 0.1) is 17.6 Å². The number of aliphatic hydroxyl groups is 1. The largest absolute Gasteiger partial charge is 0.396 e. The fraction of sp³-hybridized carbons (Fsp3) is 0.400. The van der Waals surface area contributed by atoms with Crippen molar-refractivity contribution >= 4 is 5.69 Å². The maximum atomic E-state index is 13.5. The lowest BCUT2D eigenvalue weighted by Crippen LogP contribution is -2.12. The van der Waals surface area contributed by atoms with Gasteiger partial charge in [0.15, 0.2) is 0 Å². The zero-order valence-electron chi connectivity index (χ0n) is 8.60. The van der Waals surface area contributed by atoms with Gasteiger partial charge in [-0.1, -0.05) is 0 Å². The summed E-state index contributed by atoms with van der Waals surface area (Å²) in [6, 6.07) is 3.40. The molecule has 0 heterocycles. The van der Waals surface area contributed by atoms with Crippen LogP contribution in [0, 0.1) is 15.9 Å². The van der Waals surface area contributed by atoms with E-state index < -0.39 is 16.7 Å². The van der Waals surface area contributed by atoms with Crippen LogP contribution in [0.5, 0.6) is 0 Å². The van der Waals surface area contributed by atoms with Crippen LogP contribution >= 0.6 is 0 Å². The molecule has 5 nitrogen and oxygen atoms in total. The Labute approximate surface area is 91.8 Å². The fourth-order valence-corrected chi connectivity index (χ4v) is 1.51. The van der Waals surface area contributed by atoms with Crippen molar-refractivity contribution in [3.63, 3.8) is 0 Å². The lowest BCUT2D eigenvalue weighted by atomic mass is 9.96. The maximum Gasteiger partial charge on any atom is 0.272 e. The monoisotopic (exact) mass is 228 g/mol. The molecule has 88 valence electrons. The van der Waals surface area contributed by atoms with E-state index in [0.717, 1.165) is 6.07 Å². The second kappa shape index (κ2) is 5.53. The molecule has 0 saturated carbocycles. The van der Waals surface area contributed by atoms with Crippen LogP contribution in [0.15, 0.2) is 18.2 Å². The molecule has 1 rings (SSSR count). The molecule has 1 unspecified atom stereocenters. The van der Waals surface area contributed by atoms with Crippen molar-refractivity contribution < 1.29 is 14.4 Å². The van der Waals surface area contributed by atoms with Gasteiger partial charge in [0.2, 0.25) is 0 Å². The summed E-state index contributed by atoms with van der Waals surface area (Å²) in [7, 11) is 0. The molecule has 1 aromatic rings. The molecule has 0 aliphatic rings. The fourth-order valence-electron chi connectivity index (χ4n) is 1.51. The maximum absolute atomic E-state index is 13.5. The Morgan fingerprint density at radius 2 is 2.25 bits per heavy atom. The van der Waals surface area contributed by atoms with Crippen molar-refractivity contribution in [1.82, 2.24) is 0 Å². The Hall–Kier alpha value is -1.53. The Bertz CT molecular complexity index is 384. The summed E-state index contributed by atoms with van der Waals surface area (Å²) in [6.45, 7) is 0.0909. The van der Waals surface area contributed by atoms with Crippen molar-refractivity contribution in [3.05, 3.63) is 39.7 Å². The summed E-state index contributed by atoms with van der Waals surface area (Å²) in [5, 5.41) is 19.5. The van der Waals surface area contributed by atoms with Gasteiger partial charge in [-0.2, -0.15) is 0 Å². The number of halogens is 1. The van der Waals surface area contributed by atoms with Gasteiger partial charge < -0.3 is 10.8 Å². The van der Waals surface area contributed by atoms with E-state index in [-0.39, 0.29) is 17.9 Å². The molecule has 0 fully saturated rings. The molecule has 0 aliphatic heterocycles. The molecule has 0 amide bonds. The molecule has 6 heteroatoms. The average Bonchev–Trinajstić information content (AvgIpc) is 2.26. The second-order valence-electron chi connectivity index (χ2n) is 3.42. The van der Waals surface area contributed by atoms with Crippen LogP contribution in [-0.2, 0) is 0 Å². The molecule has 0 aromatic heterocycles. The average molecular weight is 228 g/mol. The predicted octanol–water partition coefficient (Wildman–Crippen LogP) is 1.16. The summed E-state index contributed by atoms with van der Waals surface area (Å²) in [5.74, 6) is -1.09. The van der Waals surface area contributed by atoms with Crippen molar-refractivity contribution in [3.8, 4) is 0 Å². The minimum Gasteiger partial charge on any atom is -0.396 e. The number of aliphatic hydroxyl groups excluding tert-OH is 1. The van der Waals surface area contributed by atoms with E-state index in [9.17, 15) is 14.5 Å². The minimum atomic E-state index is -0.679. The van der Waals surface area contributed by atoms with Gasteiger partial charge >= 0.3 is 0 Å². The quantitative estimate of drug-likeness (QED) is 0.584. The number of hydrogen-bond donors (Lipinski definition) is 2. The number of benzene rings is 1. The number of non-ortho nitro benzene ring substituents is 1. The molecule has 0 saturated heterocycles. The van der Waals surface area contributed by atoms with Gasteiger partial charge in [-0.15, -0.1) is 0 Å². The first kappa shape index (κ1) is 12.5. The summed E-state index contributed by atoms with van der Waals surface area (Å²) >= 11 is 0. The third-order valence-electron chi connectivity index (χ3n) is 2.37. The zero-order chi connectivity index (χ0) is 12.1. The molecule has 0 aliphatic carbocycles. The van der Waals surface area contributed by atoms with Gasteiger partial charge in [0.25, 0.3) is 5.69 Å². The standard InChI is InChI=1S/C10H13FN2O3/c11-10-5-8(13(15)16)1-2-9(10)7(6-14)3-4-12/h1-2,5,7,14H,3-4,6,12H2. The van der Waals surface area contributed by atoms with Crippen LogP contribution < -0.4 is 5.73 Å². The van der Waals surface area contributed by atoms with Gasteiger partial charge in [0, 0.05) is 12.0 Å². The number of rotatable bonds is 5. The Morgan fingerprint density at radius 1 is 1.56 bits per heavy atom. The van der Waals surface area contributed by atoms with E-state index in [1.54, 1.807) is 0 Å². The molecule has 0 radical (unpaired) electrons. The van der Waals surface area contributed by atoms with E-state index in [0.29, 0.717) is 13.0 Å². The van der Waals surface area contributed by atoms with Crippen molar-refractivity contribution in [2.45, 2.75) is 12.3 Å². The molecular weight excluding hydrogens is 215 g/mol. The molecule has 16 heavy (non-hydrogen) atoms. The van der Waals surface area contributed by atoms with Gasteiger partial charge in [-0.25, -0.2) is 4.39 Å². The third-order valence-corrected chi connectivity index (χ3v) is 2.37. The van der Waals surface area contributed by atoms with Crippen LogP contribution in [-0.4, -0.2) is 23.2 Å². The third kappa shape index (κ3) is 2.74. The Morgan fingerprint density at radius 3 is 2.69 bits per heavy atom. The Kier molecular flexibility index (Phi) is 4.33. The summed E-state index contributed by atoms with van der Waals surface area (Å²) < 4.78 is 13.5. The van der Waals surface area contributed by atoms with E-state index in [2.05, 4.69) is 0 Å². The SMILES string of the molecule is NCCC(CO)c1ccc([N+](=O)[O-])cc1F. The van der Waals surface area contributed by atoms with Crippen molar-refractivity contribution in [1.29, 1.82) is 0 Å². The number of nitrogens with two attached hydrogens (primary N) is 1. The second-order valence-corrected chi connectivity index (χ2v) is 3.42. The highest BCUT2D eigenvalue weighted by Crippen LogP contribution is 2.25. The highest BCUT2D eigenvalue weighted by molar-refractivity contribution is 5.35. The van der Waals surface area contributed by atoms with Gasteiger partial charge in [-0.05, 0) is 24.6 Å². The van der Waals surface area contributed by atoms with E-state index in [1.165, 1.54) is 12.1 Å². The lowest BCUT2D eigenvalue weighted by Gasteiger charge is -2.13. The van der Waals surface area contributed by atoms with E-state index in [1.807, 2.05) is 0 Å². The number of nitro groups is 1.